The number of aliphatic hydroxyl groups is 3. The van der Waals surface area contributed by atoms with E-state index in [0.717, 1.165) is 57.8 Å². The zero-order chi connectivity index (χ0) is 29.7. The van der Waals surface area contributed by atoms with Crippen LogP contribution in [0.4, 0.5) is 0 Å². The summed E-state index contributed by atoms with van der Waals surface area (Å²) in [5.74, 6) is -1.31. The van der Waals surface area contributed by atoms with Gasteiger partial charge in [-0.05, 0) is 44.9 Å². The lowest BCUT2D eigenvalue weighted by molar-refractivity contribution is -0.166. The van der Waals surface area contributed by atoms with Gasteiger partial charge in [0.25, 0.3) is 0 Å². The van der Waals surface area contributed by atoms with E-state index in [4.69, 9.17) is 0 Å². The minimum atomic E-state index is -2.48. The molecule has 0 saturated carbocycles. The molecule has 0 aromatic carbocycles. The standard InChI is InChI=1S/C35H64O5/c1-3-5-7-9-11-13-15-16-17-18-20-22-24-26-28-30-33(38)35(40,34(39)31-36)32(37)29-27-25-23-21-19-14-12-10-8-6-4-2/h11,13,16-17,34,36,39-40H,3-10,12,14-15,18-31H2,1-2H3/b13-11-,17-16-. The summed E-state index contributed by atoms with van der Waals surface area (Å²) >= 11 is 0. The maximum Gasteiger partial charge on any atom is 0.209 e. The van der Waals surface area contributed by atoms with E-state index in [1.54, 1.807) is 0 Å². The number of hydrogen-bond donors (Lipinski definition) is 3. The molecule has 0 bridgehead atoms. The van der Waals surface area contributed by atoms with Gasteiger partial charge in [-0.15, -0.1) is 0 Å². The molecule has 0 aliphatic heterocycles. The Labute approximate surface area is 246 Å². The Hall–Kier alpha value is -1.30. The van der Waals surface area contributed by atoms with Crippen molar-refractivity contribution in [2.75, 3.05) is 6.61 Å². The third-order valence-corrected chi connectivity index (χ3v) is 7.87. The molecule has 0 radical (unpaired) electrons. The fourth-order valence-corrected chi connectivity index (χ4v) is 5.09. The highest BCUT2D eigenvalue weighted by Gasteiger charge is 2.48. The number of hydrogen-bond acceptors (Lipinski definition) is 5. The van der Waals surface area contributed by atoms with Gasteiger partial charge in [0.15, 0.2) is 11.6 Å². The SMILES string of the molecule is CCCCC/C=C\C/C=C\CCCCCCCC(=O)C(O)(C(=O)CCCCCCCCCCCCC)C(O)CO. The van der Waals surface area contributed by atoms with E-state index in [-0.39, 0.29) is 12.8 Å². The van der Waals surface area contributed by atoms with Crippen LogP contribution in [0.3, 0.4) is 0 Å². The van der Waals surface area contributed by atoms with E-state index in [2.05, 4.69) is 38.2 Å². The van der Waals surface area contributed by atoms with Crippen molar-refractivity contribution in [1.29, 1.82) is 0 Å². The van der Waals surface area contributed by atoms with E-state index in [1.807, 2.05) is 0 Å². The second-order valence-electron chi connectivity index (χ2n) is 11.6. The first-order valence-electron chi connectivity index (χ1n) is 16.8. The average Bonchev–Trinajstić information content (AvgIpc) is 2.96. The van der Waals surface area contributed by atoms with Gasteiger partial charge in [-0.2, -0.15) is 0 Å². The van der Waals surface area contributed by atoms with Crippen molar-refractivity contribution in [2.24, 2.45) is 0 Å². The molecule has 0 aliphatic rings. The Kier molecular flexibility index (Phi) is 26.9. The first-order valence-corrected chi connectivity index (χ1v) is 16.8. The third-order valence-electron chi connectivity index (χ3n) is 7.87. The summed E-state index contributed by atoms with van der Waals surface area (Å²) in [6, 6.07) is 0. The topological polar surface area (TPSA) is 94.8 Å². The Morgan fingerprint density at radius 2 is 0.925 bits per heavy atom. The van der Waals surface area contributed by atoms with Crippen molar-refractivity contribution in [2.45, 2.75) is 180 Å². The molecule has 0 fully saturated rings. The Balaban J connectivity index is 4.08. The van der Waals surface area contributed by atoms with Gasteiger partial charge in [0.05, 0.1) is 6.61 Å². The van der Waals surface area contributed by atoms with Gasteiger partial charge >= 0.3 is 0 Å². The smallest absolute Gasteiger partial charge is 0.209 e. The number of unbranched alkanes of at least 4 members (excludes halogenated alkanes) is 18. The number of rotatable bonds is 30. The van der Waals surface area contributed by atoms with Crippen molar-refractivity contribution < 1.29 is 24.9 Å². The highest BCUT2D eigenvalue weighted by atomic mass is 16.4. The molecule has 0 aromatic heterocycles. The van der Waals surface area contributed by atoms with Crippen LogP contribution >= 0.6 is 0 Å². The van der Waals surface area contributed by atoms with Crippen LogP contribution in [0.25, 0.3) is 0 Å². The van der Waals surface area contributed by atoms with Crippen molar-refractivity contribution in [1.82, 2.24) is 0 Å². The van der Waals surface area contributed by atoms with Gasteiger partial charge in [0.2, 0.25) is 5.60 Å². The molecular weight excluding hydrogens is 500 g/mol. The Morgan fingerprint density at radius 1 is 0.575 bits per heavy atom. The molecule has 2 unspecified atom stereocenters. The van der Waals surface area contributed by atoms with E-state index in [9.17, 15) is 24.9 Å². The number of aliphatic hydroxyl groups excluding tert-OH is 2. The van der Waals surface area contributed by atoms with Crippen LogP contribution in [0.5, 0.6) is 0 Å². The van der Waals surface area contributed by atoms with Gasteiger partial charge in [-0.1, -0.05) is 134 Å². The predicted molar refractivity (Wildman–Crippen MR) is 168 cm³/mol. The van der Waals surface area contributed by atoms with Gasteiger partial charge in [-0.3, -0.25) is 9.59 Å². The van der Waals surface area contributed by atoms with E-state index < -0.39 is 29.9 Å². The van der Waals surface area contributed by atoms with Crippen molar-refractivity contribution in [3.05, 3.63) is 24.3 Å². The summed E-state index contributed by atoms with van der Waals surface area (Å²) in [6.45, 7) is 3.64. The average molecular weight is 565 g/mol. The second kappa shape index (κ2) is 27.8. The van der Waals surface area contributed by atoms with Gasteiger partial charge in [0.1, 0.15) is 6.10 Å². The van der Waals surface area contributed by atoms with Crippen molar-refractivity contribution in [3.8, 4) is 0 Å². The lowest BCUT2D eigenvalue weighted by Gasteiger charge is -2.29. The molecule has 40 heavy (non-hydrogen) atoms. The fourth-order valence-electron chi connectivity index (χ4n) is 5.09. The molecule has 0 aliphatic carbocycles. The zero-order valence-corrected chi connectivity index (χ0v) is 26.2. The maximum atomic E-state index is 12.8. The molecule has 2 atom stereocenters. The summed E-state index contributed by atoms with van der Waals surface area (Å²) in [4.78, 5) is 25.6. The Morgan fingerprint density at radius 3 is 1.35 bits per heavy atom. The van der Waals surface area contributed by atoms with Crippen LogP contribution in [0.2, 0.25) is 0 Å². The van der Waals surface area contributed by atoms with E-state index in [0.29, 0.717) is 12.8 Å². The third kappa shape index (κ3) is 19.7. The summed E-state index contributed by atoms with van der Waals surface area (Å²) < 4.78 is 0. The maximum absolute atomic E-state index is 12.8. The van der Waals surface area contributed by atoms with Crippen LogP contribution in [0.1, 0.15) is 168 Å². The molecule has 0 aromatic rings. The predicted octanol–water partition coefficient (Wildman–Crippen LogP) is 8.72. The summed E-state index contributed by atoms with van der Waals surface area (Å²) in [5.41, 5.74) is -2.48. The lowest BCUT2D eigenvalue weighted by atomic mass is 9.82. The van der Waals surface area contributed by atoms with Gasteiger partial charge in [-0.25, -0.2) is 0 Å². The molecular formula is C35H64O5. The second-order valence-corrected chi connectivity index (χ2v) is 11.6. The number of carbonyl (C=O) groups excluding carboxylic acids is 2. The molecule has 0 spiro atoms. The fraction of sp³-hybridized carbons (Fsp3) is 0.829. The number of Topliss-reactive ketones (excluding diaryl/α,β-unsaturated/α-hetero) is 2. The highest BCUT2D eigenvalue weighted by molar-refractivity contribution is 6.10. The van der Waals surface area contributed by atoms with E-state index >= 15 is 0 Å². The summed E-state index contributed by atoms with van der Waals surface area (Å²) in [5, 5.41) is 30.4. The lowest BCUT2D eigenvalue weighted by Crippen LogP contribution is -2.57. The molecule has 0 heterocycles. The van der Waals surface area contributed by atoms with Crippen molar-refractivity contribution >= 4 is 11.6 Å². The highest BCUT2D eigenvalue weighted by Crippen LogP contribution is 2.22. The van der Waals surface area contributed by atoms with Crippen LogP contribution in [0.15, 0.2) is 24.3 Å². The first kappa shape index (κ1) is 38.7. The molecule has 5 heteroatoms. The minimum absolute atomic E-state index is 0.0437. The quantitative estimate of drug-likeness (QED) is 0.0461. The number of allylic oxidation sites excluding steroid dienone is 4. The van der Waals surface area contributed by atoms with Crippen LogP contribution in [-0.2, 0) is 9.59 Å². The summed E-state index contributed by atoms with van der Waals surface area (Å²) in [7, 11) is 0. The van der Waals surface area contributed by atoms with Gasteiger partial charge in [0, 0.05) is 12.8 Å². The molecule has 0 rings (SSSR count). The number of carbonyl (C=O) groups is 2. The molecule has 0 amide bonds. The summed E-state index contributed by atoms with van der Waals surface area (Å²) in [6.07, 6.45) is 31.6. The zero-order valence-electron chi connectivity index (χ0n) is 26.2. The molecule has 3 N–H and O–H groups in total. The Bertz CT molecular complexity index is 656. The normalized spacial score (nSPS) is 14.2. The first-order chi connectivity index (χ1) is 19.4. The van der Waals surface area contributed by atoms with Crippen molar-refractivity contribution in [3.63, 3.8) is 0 Å². The minimum Gasteiger partial charge on any atom is -0.394 e. The monoisotopic (exact) mass is 564 g/mol. The largest absolute Gasteiger partial charge is 0.394 e. The molecule has 0 saturated heterocycles. The van der Waals surface area contributed by atoms with E-state index in [1.165, 1.54) is 70.6 Å². The molecule has 234 valence electrons. The van der Waals surface area contributed by atoms with Gasteiger partial charge < -0.3 is 15.3 Å². The van der Waals surface area contributed by atoms with Crippen LogP contribution in [-0.4, -0.2) is 45.2 Å². The molecule has 5 nitrogen and oxygen atoms in total. The van der Waals surface area contributed by atoms with Crippen LogP contribution < -0.4 is 0 Å². The van der Waals surface area contributed by atoms with Crippen LogP contribution in [0, 0.1) is 0 Å². The number of ketones is 2.